The first-order valence-electron chi connectivity index (χ1n) is 11.3. The van der Waals surface area contributed by atoms with E-state index in [4.69, 9.17) is 20.8 Å². The molecule has 2 aromatic carbocycles. The van der Waals surface area contributed by atoms with Gasteiger partial charge in [0, 0.05) is 40.9 Å². The number of H-pyrrole nitrogens is 1. The molecule has 188 valence electrons. The van der Waals surface area contributed by atoms with E-state index in [0.29, 0.717) is 44.8 Å². The number of oxazole rings is 1. The summed E-state index contributed by atoms with van der Waals surface area (Å²) >= 11 is 5.97. The zero-order valence-corrected chi connectivity index (χ0v) is 20.4. The fourth-order valence-corrected chi connectivity index (χ4v) is 4.19. The number of nitrogens with zero attached hydrogens (tertiary/aromatic N) is 2. The van der Waals surface area contributed by atoms with Gasteiger partial charge in [0.1, 0.15) is 17.4 Å². The van der Waals surface area contributed by atoms with Crippen molar-refractivity contribution in [3.8, 4) is 17.3 Å². The third-order valence-electron chi connectivity index (χ3n) is 5.79. The number of amides is 1. The van der Waals surface area contributed by atoms with Crippen LogP contribution in [0.1, 0.15) is 22.9 Å². The maximum Gasteiger partial charge on any atom is 0.226 e. The fraction of sp³-hybridized carbons (Fsp3) is 0.148. The smallest absolute Gasteiger partial charge is 0.226 e. The number of pyridine rings is 1. The third-order valence-corrected chi connectivity index (χ3v) is 6.04. The molecule has 3 heterocycles. The minimum atomic E-state index is -0.741. The average molecular weight is 523 g/mol. The van der Waals surface area contributed by atoms with Crippen molar-refractivity contribution in [1.29, 1.82) is 0 Å². The molecule has 37 heavy (non-hydrogen) atoms. The number of hydrogen-bond acceptors (Lipinski definition) is 5. The van der Waals surface area contributed by atoms with E-state index in [1.165, 1.54) is 25.4 Å². The summed E-state index contributed by atoms with van der Waals surface area (Å²) in [5.74, 6) is -0.671. The minimum absolute atomic E-state index is 0.00631. The molecule has 1 atom stereocenters. The van der Waals surface area contributed by atoms with Crippen LogP contribution in [0.25, 0.3) is 22.5 Å². The SMILES string of the molecule is COc1ccc2[nH]cc(CC(=O)NC(Cc3cc(F)cc(F)c3)c3cnc(-c4ccc(Cl)cc4)o3)c2n1. The molecule has 5 rings (SSSR count). The summed E-state index contributed by atoms with van der Waals surface area (Å²) in [7, 11) is 1.52. The monoisotopic (exact) mass is 522 g/mol. The molecular formula is C27H21ClF2N4O3. The second-order valence-corrected chi connectivity index (χ2v) is 8.85. The van der Waals surface area contributed by atoms with Crippen molar-refractivity contribution in [2.75, 3.05) is 7.11 Å². The molecule has 0 spiro atoms. The first-order chi connectivity index (χ1) is 17.9. The Morgan fingerprint density at radius 3 is 2.62 bits per heavy atom. The van der Waals surface area contributed by atoms with Crippen molar-refractivity contribution in [2.24, 2.45) is 0 Å². The highest BCUT2D eigenvalue weighted by molar-refractivity contribution is 6.30. The normalized spacial score (nSPS) is 12.0. The number of hydrogen-bond donors (Lipinski definition) is 2. The Bertz CT molecular complexity index is 1550. The van der Waals surface area contributed by atoms with E-state index < -0.39 is 17.7 Å². The number of nitrogens with one attached hydrogen (secondary N) is 2. The van der Waals surface area contributed by atoms with E-state index in [1.807, 2.05) is 6.07 Å². The molecule has 10 heteroatoms. The molecule has 1 unspecified atom stereocenters. The molecule has 2 N–H and O–H groups in total. The topological polar surface area (TPSA) is 93.0 Å². The van der Waals surface area contributed by atoms with Gasteiger partial charge in [0.2, 0.25) is 17.7 Å². The van der Waals surface area contributed by atoms with E-state index in [9.17, 15) is 13.6 Å². The van der Waals surface area contributed by atoms with Crippen molar-refractivity contribution >= 4 is 28.5 Å². The lowest BCUT2D eigenvalue weighted by Crippen LogP contribution is -2.31. The molecule has 0 bridgehead atoms. The first kappa shape index (κ1) is 24.5. The lowest BCUT2D eigenvalue weighted by Gasteiger charge is -2.17. The standard InChI is InChI=1S/C27H21ClF2N4O3/c1-36-25-7-6-21-26(34-25)17(13-31-21)11-24(35)33-22(10-15-8-19(29)12-20(30)9-15)23-14-32-27(37-23)16-2-4-18(28)5-3-16/h2-9,12-14,22,31H,10-11H2,1H3,(H,33,35). The number of ether oxygens (including phenoxy) is 1. The van der Waals surface area contributed by atoms with Gasteiger partial charge in [-0.1, -0.05) is 11.6 Å². The molecule has 0 saturated heterocycles. The molecule has 5 aromatic rings. The summed E-state index contributed by atoms with van der Waals surface area (Å²) in [6.07, 6.45) is 3.28. The predicted molar refractivity (Wildman–Crippen MR) is 134 cm³/mol. The van der Waals surface area contributed by atoms with Crippen LogP contribution in [0, 0.1) is 11.6 Å². The van der Waals surface area contributed by atoms with E-state index >= 15 is 0 Å². The number of carbonyl (C=O) groups excluding carboxylic acids is 1. The van der Waals surface area contributed by atoms with E-state index in [1.54, 1.807) is 36.5 Å². The Morgan fingerprint density at radius 1 is 1.14 bits per heavy atom. The van der Waals surface area contributed by atoms with Gasteiger partial charge in [0.05, 0.1) is 36.8 Å². The van der Waals surface area contributed by atoms with Gasteiger partial charge < -0.3 is 19.5 Å². The molecule has 0 aliphatic heterocycles. The van der Waals surface area contributed by atoms with Crippen molar-refractivity contribution in [3.05, 3.63) is 101 Å². The second-order valence-electron chi connectivity index (χ2n) is 8.42. The summed E-state index contributed by atoms with van der Waals surface area (Å²) in [5, 5.41) is 3.48. The Labute approximate surface area is 215 Å². The van der Waals surface area contributed by atoms with Gasteiger partial charge in [-0.2, -0.15) is 0 Å². The summed E-state index contributed by atoms with van der Waals surface area (Å²) in [6.45, 7) is 0. The zero-order valence-electron chi connectivity index (χ0n) is 19.6. The molecular weight excluding hydrogens is 502 g/mol. The van der Waals surface area contributed by atoms with Crippen LogP contribution >= 0.6 is 11.6 Å². The van der Waals surface area contributed by atoms with Crippen LogP contribution in [0.4, 0.5) is 8.78 Å². The van der Waals surface area contributed by atoms with Gasteiger partial charge in [-0.3, -0.25) is 4.79 Å². The highest BCUT2D eigenvalue weighted by Gasteiger charge is 2.22. The molecule has 0 aliphatic rings. The van der Waals surface area contributed by atoms with Crippen LogP contribution in [0.2, 0.25) is 5.02 Å². The van der Waals surface area contributed by atoms with E-state index in [0.717, 1.165) is 11.6 Å². The predicted octanol–water partition coefficient (Wildman–Crippen LogP) is 5.80. The maximum absolute atomic E-state index is 13.9. The molecule has 0 aliphatic carbocycles. The van der Waals surface area contributed by atoms with Crippen molar-refractivity contribution < 1.29 is 22.7 Å². The number of halogens is 3. The first-order valence-corrected chi connectivity index (χ1v) is 11.7. The lowest BCUT2D eigenvalue weighted by atomic mass is 10.0. The Hall–Kier alpha value is -4.24. The minimum Gasteiger partial charge on any atom is -0.481 e. The highest BCUT2D eigenvalue weighted by atomic mass is 35.5. The molecule has 0 saturated carbocycles. The number of fused-ring (bicyclic) bond motifs is 1. The number of rotatable bonds is 8. The van der Waals surface area contributed by atoms with Gasteiger partial charge >= 0.3 is 0 Å². The van der Waals surface area contributed by atoms with Crippen LogP contribution in [0.3, 0.4) is 0 Å². The number of methoxy groups -OCH3 is 1. The summed E-state index contributed by atoms with van der Waals surface area (Å²) in [6, 6.07) is 13.0. The van der Waals surface area contributed by atoms with Crippen LogP contribution in [0.5, 0.6) is 5.88 Å². The summed E-state index contributed by atoms with van der Waals surface area (Å²) in [4.78, 5) is 24.9. The number of benzene rings is 2. The maximum atomic E-state index is 13.9. The second kappa shape index (κ2) is 10.4. The molecule has 3 aromatic heterocycles. The van der Waals surface area contributed by atoms with Crippen molar-refractivity contribution in [2.45, 2.75) is 18.9 Å². The van der Waals surface area contributed by atoms with Crippen LogP contribution in [0.15, 0.2) is 71.4 Å². The number of aromatic nitrogens is 3. The third kappa shape index (κ3) is 5.62. The quantitative estimate of drug-likeness (QED) is 0.269. The van der Waals surface area contributed by atoms with Gasteiger partial charge in [0.15, 0.2) is 0 Å². The number of carbonyl (C=O) groups is 1. The Kier molecular flexibility index (Phi) is 6.87. The zero-order chi connectivity index (χ0) is 25.9. The Morgan fingerprint density at radius 2 is 1.89 bits per heavy atom. The molecule has 0 fully saturated rings. The van der Waals surface area contributed by atoms with Crippen LogP contribution in [-0.4, -0.2) is 28.0 Å². The van der Waals surface area contributed by atoms with Gasteiger partial charge in [0.25, 0.3) is 0 Å². The largest absolute Gasteiger partial charge is 0.481 e. The highest BCUT2D eigenvalue weighted by Crippen LogP contribution is 2.27. The van der Waals surface area contributed by atoms with Gasteiger partial charge in [-0.15, -0.1) is 0 Å². The number of aromatic amines is 1. The van der Waals surface area contributed by atoms with Crippen molar-refractivity contribution in [1.82, 2.24) is 20.3 Å². The Balaban J connectivity index is 1.41. The molecule has 7 nitrogen and oxygen atoms in total. The van der Waals surface area contributed by atoms with Crippen LogP contribution in [-0.2, 0) is 17.6 Å². The van der Waals surface area contributed by atoms with E-state index in [2.05, 4.69) is 20.3 Å². The van der Waals surface area contributed by atoms with Crippen LogP contribution < -0.4 is 10.1 Å². The van der Waals surface area contributed by atoms with Crippen molar-refractivity contribution in [3.63, 3.8) is 0 Å². The summed E-state index contributed by atoms with van der Waals surface area (Å²) in [5.41, 5.74) is 3.09. The van der Waals surface area contributed by atoms with E-state index in [-0.39, 0.29) is 18.7 Å². The van der Waals surface area contributed by atoms with Gasteiger partial charge in [-0.25, -0.2) is 18.7 Å². The van der Waals surface area contributed by atoms with Gasteiger partial charge in [-0.05, 0) is 48.0 Å². The lowest BCUT2D eigenvalue weighted by molar-refractivity contribution is -0.121. The molecule has 0 radical (unpaired) electrons. The fourth-order valence-electron chi connectivity index (χ4n) is 4.06. The average Bonchev–Trinajstić information content (AvgIpc) is 3.51. The molecule has 1 amide bonds. The summed E-state index contributed by atoms with van der Waals surface area (Å²) < 4.78 is 38.9.